The summed E-state index contributed by atoms with van der Waals surface area (Å²) in [6.07, 6.45) is 0. The SMILES string of the molecule is COc1cc(Br)c(NC(N)=S)c([N+](=O)[O-])c1. The third-order valence-electron chi connectivity index (χ3n) is 1.72. The number of nitro benzene ring substituents is 1. The van der Waals surface area contributed by atoms with Crippen molar-refractivity contribution >= 4 is 44.6 Å². The fourth-order valence-corrected chi connectivity index (χ4v) is 1.71. The molecule has 0 amide bonds. The normalized spacial score (nSPS) is 9.62. The zero-order valence-corrected chi connectivity index (χ0v) is 10.6. The van der Waals surface area contributed by atoms with Crippen LogP contribution in [0.1, 0.15) is 0 Å². The van der Waals surface area contributed by atoms with Crippen LogP contribution in [0.25, 0.3) is 0 Å². The molecule has 0 aromatic heterocycles. The van der Waals surface area contributed by atoms with Gasteiger partial charge in [0.25, 0.3) is 5.69 Å². The summed E-state index contributed by atoms with van der Waals surface area (Å²) in [7, 11) is 1.42. The Labute approximate surface area is 105 Å². The van der Waals surface area contributed by atoms with Crippen LogP contribution in [-0.2, 0) is 0 Å². The minimum atomic E-state index is -0.548. The first-order valence-corrected chi connectivity index (χ1v) is 5.24. The number of nitrogens with one attached hydrogen (secondary N) is 1. The van der Waals surface area contributed by atoms with Crippen LogP contribution >= 0.6 is 28.1 Å². The van der Waals surface area contributed by atoms with Gasteiger partial charge in [-0.05, 0) is 34.2 Å². The molecule has 0 saturated carbocycles. The van der Waals surface area contributed by atoms with Crippen molar-refractivity contribution in [3.05, 3.63) is 26.7 Å². The first kappa shape index (κ1) is 12.7. The number of thiocarbonyl (C=S) groups is 1. The Morgan fingerprint density at radius 1 is 1.69 bits per heavy atom. The van der Waals surface area contributed by atoms with Gasteiger partial charge >= 0.3 is 0 Å². The summed E-state index contributed by atoms with van der Waals surface area (Å²) in [5.74, 6) is 0.368. The summed E-state index contributed by atoms with van der Waals surface area (Å²) >= 11 is 7.81. The van der Waals surface area contributed by atoms with E-state index in [9.17, 15) is 10.1 Å². The van der Waals surface area contributed by atoms with Gasteiger partial charge in [0, 0.05) is 0 Å². The largest absolute Gasteiger partial charge is 0.496 e. The van der Waals surface area contributed by atoms with Gasteiger partial charge in [0.15, 0.2) is 5.11 Å². The minimum Gasteiger partial charge on any atom is -0.496 e. The number of anilines is 1. The molecule has 0 aliphatic heterocycles. The average molecular weight is 306 g/mol. The molecule has 0 heterocycles. The second-order valence-corrected chi connectivity index (χ2v) is 4.04. The number of benzene rings is 1. The van der Waals surface area contributed by atoms with E-state index < -0.39 is 4.92 Å². The average Bonchev–Trinajstić information content (AvgIpc) is 2.19. The van der Waals surface area contributed by atoms with Gasteiger partial charge in [-0.2, -0.15) is 0 Å². The summed E-state index contributed by atoms with van der Waals surface area (Å²) in [6, 6.07) is 2.86. The molecular formula is C8H8BrN3O3S. The van der Waals surface area contributed by atoms with Crippen LogP contribution in [0.5, 0.6) is 5.75 Å². The maximum Gasteiger partial charge on any atom is 0.297 e. The maximum absolute atomic E-state index is 10.8. The van der Waals surface area contributed by atoms with Crippen LogP contribution in [-0.4, -0.2) is 17.1 Å². The minimum absolute atomic E-state index is 0.0473. The Morgan fingerprint density at radius 2 is 2.31 bits per heavy atom. The van der Waals surface area contributed by atoms with E-state index in [4.69, 9.17) is 10.5 Å². The number of nitrogens with two attached hydrogens (primary N) is 1. The molecule has 0 spiro atoms. The Bertz CT molecular complexity index is 452. The summed E-state index contributed by atoms with van der Waals surface area (Å²) in [6.45, 7) is 0. The highest BCUT2D eigenvalue weighted by Gasteiger charge is 2.19. The maximum atomic E-state index is 10.8. The topological polar surface area (TPSA) is 90.4 Å². The molecule has 1 aromatic rings. The molecule has 86 valence electrons. The number of hydrogen-bond donors (Lipinski definition) is 2. The highest BCUT2D eigenvalue weighted by Crippen LogP contribution is 2.36. The predicted octanol–water partition coefficient (Wildman–Crippen LogP) is 2.02. The van der Waals surface area contributed by atoms with Gasteiger partial charge < -0.3 is 15.8 Å². The number of hydrogen-bond acceptors (Lipinski definition) is 4. The lowest BCUT2D eigenvalue weighted by atomic mass is 10.2. The first-order valence-electron chi connectivity index (χ1n) is 4.04. The van der Waals surface area contributed by atoms with Gasteiger partial charge in [0.05, 0.1) is 22.6 Å². The van der Waals surface area contributed by atoms with E-state index in [0.29, 0.717) is 10.2 Å². The van der Waals surface area contributed by atoms with Crippen molar-refractivity contribution < 1.29 is 9.66 Å². The van der Waals surface area contributed by atoms with E-state index in [0.717, 1.165) is 0 Å². The van der Waals surface area contributed by atoms with Gasteiger partial charge in [-0.1, -0.05) is 0 Å². The van der Waals surface area contributed by atoms with Crippen molar-refractivity contribution in [1.29, 1.82) is 0 Å². The molecule has 0 aliphatic carbocycles. The molecule has 0 fully saturated rings. The molecule has 0 unspecified atom stereocenters. The third-order valence-corrected chi connectivity index (χ3v) is 2.45. The summed E-state index contributed by atoms with van der Waals surface area (Å²) in [5.41, 5.74) is 5.32. The number of nitrogens with zero attached hydrogens (tertiary/aromatic N) is 1. The van der Waals surface area contributed by atoms with Crippen molar-refractivity contribution in [1.82, 2.24) is 0 Å². The van der Waals surface area contributed by atoms with Gasteiger partial charge in [0.1, 0.15) is 11.4 Å². The highest BCUT2D eigenvalue weighted by atomic mass is 79.9. The Hall–Kier alpha value is -1.41. The van der Waals surface area contributed by atoms with Crippen LogP contribution in [0.15, 0.2) is 16.6 Å². The van der Waals surface area contributed by atoms with Crippen LogP contribution in [0.4, 0.5) is 11.4 Å². The number of rotatable bonds is 3. The zero-order valence-electron chi connectivity index (χ0n) is 8.19. The molecule has 0 aliphatic rings. The lowest BCUT2D eigenvalue weighted by Gasteiger charge is -2.09. The molecule has 8 heteroatoms. The number of ether oxygens (including phenoxy) is 1. The van der Waals surface area contributed by atoms with E-state index in [1.165, 1.54) is 13.2 Å². The molecule has 0 saturated heterocycles. The van der Waals surface area contributed by atoms with Gasteiger partial charge in [-0.25, -0.2) is 0 Å². The van der Waals surface area contributed by atoms with Crippen LogP contribution in [0.2, 0.25) is 0 Å². The molecule has 3 N–H and O–H groups in total. The van der Waals surface area contributed by atoms with E-state index in [1.54, 1.807) is 6.07 Å². The van der Waals surface area contributed by atoms with Crippen molar-refractivity contribution in [3.63, 3.8) is 0 Å². The molecule has 1 aromatic carbocycles. The van der Waals surface area contributed by atoms with E-state index in [2.05, 4.69) is 33.5 Å². The lowest BCUT2D eigenvalue weighted by molar-refractivity contribution is -0.384. The Balaban J connectivity index is 3.33. The Kier molecular flexibility index (Phi) is 4.02. The van der Waals surface area contributed by atoms with Crippen LogP contribution in [0, 0.1) is 10.1 Å². The summed E-state index contributed by atoms with van der Waals surface area (Å²) in [4.78, 5) is 10.3. The van der Waals surface area contributed by atoms with Crippen molar-refractivity contribution in [2.45, 2.75) is 0 Å². The van der Waals surface area contributed by atoms with Crippen molar-refractivity contribution in [2.24, 2.45) is 5.73 Å². The molecule has 16 heavy (non-hydrogen) atoms. The van der Waals surface area contributed by atoms with Crippen molar-refractivity contribution in [2.75, 3.05) is 12.4 Å². The quantitative estimate of drug-likeness (QED) is 0.504. The summed E-state index contributed by atoms with van der Waals surface area (Å²) < 4.78 is 5.37. The standard InChI is InChI=1S/C8H8BrN3O3S/c1-15-4-2-5(9)7(11-8(10)16)6(3-4)12(13)14/h2-3H,1H3,(H3,10,11,16). The van der Waals surface area contributed by atoms with E-state index >= 15 is 0 Å². The first-order chi connectivity index (χ1) is 7.45. The monoisotopic (exact) mass is 305 g/mol. The predicted molar refractivity (Wildman–Crippen MR) is 67.8 cm³/mol. The highest BCUT2D eigenvalue weighted by molar-refractivity contribution is 9.10. The second-order valence-electron chi connectivity index (χ2n) is 2.75. The molecule has 0 atom stereocenters. The molecular weight excluding hydrogens is 298 g/mol. The van der Waals surface area contributed by atoms with Crippen molar-refractivity contribution in [3.8, 4) is 5.75 Å². The molecule has 0 radical (unpaired) electrons. The van der Waals surface area contributed by atoms with Gasteiger partial charge in [0.2, 0.25) is 0 Å². The smallest absolute Gasteiger partial charge is 0.297 e. The number of methoxy groups -OCH3 is 1. The van der Waals surface area contributed by atoms with Crippen LogP contribution in [0.3, 0.4) is 0 Å². The zero-order chi connectivity index (χ0) is 12.3. The van der Waals surface area contributed by atoms with Gasteiger partial charge in [-0.15, -0.1) is 0 Å². The van der Waals surface area contributed by atoms with Crippen LogP contribution < -0.4 is 15.8 Å². The molecule has 0 bridgehead atoms. The molecule has 1 rings (SSSR count). The lowest BCUT2D eigenvalue weighted by Crippen LogP contribution is -2.20. The second kappa shape index (κ2) is 5.08. The fraction of sp³-hybridized carbons (Fsp3) is 0.125. The Morgan fingerprint density at radius 3 is 2.75 bits per heavy atom. The van der Waals surface area contributed by atoms with E-state index in [1.807, 2.05) is 0 Å². The number of nitro groups is 1. The van der Waals surface area contributed by atoms with Gasteiger partial charge in [-0.3, -0.25) is 10.1 Å². The summed E-state index contributed by atoms with van der Waals surface area (Å²) in [5, 5.41) is 13.3. The fourth-order valence-electron chi connectivity index (χ4n) is 1.08. The third kappa shape index (κ3) is 2.80. The van der Waals surface area contributed by atoms with E-state index in [-0.39, 0.29) is 16.5 Å². The number of halogens is 1. The molecule has 6 nitrogen and oxygen atoms in total.